The second-order valence-electron chi connectivity index (χ2n) is 2.59. The standard InChI is InChI=1S/C8H9NO3/c1-8(12,7(10)11)6-4-2-3-5-9-6/h2-5,12H,1H3,(H,10,11)/t8-/m1/s1. The van der Waals surface area contributed by atoms with Crippen LogP contribution in [0.2, 0.25) is 0 Å². The second-order valence-corrected chi connectivity index (χ2v) is 2.59. The topological polar surface area (TPSA) is 70.4 Å². The maximum Gasteiger partial charge on any atom is 0.341 e. The third-order valence-electron chi connectivity index (χ3n) is 1.58. The molecule has 0 bridgehead atoms. The molecule has 0 fully saturated rings. The van der Waals surface area contributed by atoms with Gasteiger partial charge in [-0.05, 0) is 19.1 Å². The predicted octanol–water partition coefficient (Wildman–Crippen LogP) is 0.374. The molecule has 2 N–H and O–H groups in total. The molecular formula is C8H9NO3. The van der Waals surface area contributed by atoms with E-state index in [2.05, 4.69) is 4.98 Å². The van der Waals surface area contributed by atoms with Crippen LogP contribution in [-0.2, 0) is 10.4 Å². The van der Waals surface area contributed by atoms with E-state index in [0.717, 1.165) is 0 Å². The Hall–Kier alpha value is -1.42. The zero-order valence-corrected chi connectivity index (χ0v) is 6.56. The monoisotopic (exact) mass is 167 g/mol. The lowest BCUT2D eigenvalue weighted by Gasteiger charge is -2.16. The summed E-state index contributed by atoms with van der Waals surface area (Å²) in [7, 11) is 0. The smallest absolute Gasteiger partial charge is 0.341 e. The molecule has 12 heavy (non-hydrogen) atoms. The summed E-state index contributed by atoms with van der Waals surface area (Å²) in [4.78, 5) is 14.3. The molecule has 0 aromatic carbocycles. The summed E-state index contributed by atoms with van der Waals surface area (Å²) in [5, 5.41) is 18.0. The van der Waals surface area contributed by atoms with E-state index in [4.69, 9.17) is 5.11 Å². The molecular weight excluding hydrogens is 158 g/mol. The first kappa shape index (κ1) is 8.67. The third-order valence-corrected chi connectivity index (χ3v) is 1.58. The van der Waals surface area contributed by atoms with Gasteiger partial charge in [0.15, 0.2) is 0 Å². The lowest BCUT2D eigenvalue weighted by molar-refractivity contribution is -0.158. The molecule has 1 heterocycles. The molecule has 0 saturated heterocycles. The van der Waals surface area contributed by atoms with Crippen LogP contribution in [0.25, 0.3) is 0 Å². The van der Waals surface area contributed by atoms with E-state index in [1.54, 1.807) is 12.1 Å². The highest BCUT2D eigenvalue weighted by Crippen LogP contribution is 2.17. The first-order chi connectivity index (χ1) is 5.55. The first-order valence-electron chi connectivity index (χ1n) is 3.42. The normalized spacial score (nSPS) is 15.2. The number of carboxylic acid groups (broad SMARTS) is 1. The highest BCUT2D eigenvalue weighted by atomic mass is 16.4. The third kappa shape index (κ3) is 1.43. The quantitative estimate of drug-likeness (QED) is 0.667. The van der Waals surface area contributed by atoms with Crippen molar-refractivity contribution in [1.29, 1.82) is 0 Å². The van der Waals surface area contributed by atoms with Gasteiger partial charge in [0, 0.05) is 6.20 Å². The van der Waals surface area contributed by atoms with Gasteiger partial charge in [-0.2, -0.15) is 0 Å². The minimum Gasteiger partial charge on any atom is -0.479 e. The van der Waals surface area contributed by atoms with E-state index in [9.17, 15) is 9.90 Å². The van der Waals surface area contributed by atoms with Crippen molar-refractivity contribution in [3.05, 3.63) is 30.1 Å². The summed E-state index contributed by atoms with van der Waals surface area (Å²) in [6, 6.07) is 4.75. The van der Waals surface area contributed by atoms with Gasteiger partial charge in [0.05, 0.1) is 5.69 Å². The number of hydrogen-bond acceptors (Lipinski definition) is 3. The summed E-state index contributed by atoms with van der Waals surface area (Å²) in [6.45, 7) is 1.19. The van der Waals surface area contributed by atoms with Crippen molar-refractivity contribution < 1.29 is 15.0 Å². The molecule has 4 nitrogen and oxygen atoms in total. The lowest BCUT2D eigenvalue weighted by atomic mass is 10.0. The largest absolute Gasteiger partial charge is 0.479 e. The van der Waals surface area contributed by atoms with Crippen molar-refractivity contribution in [3.63, 3.8) is 0 Å². The summed E-state index contributed by atoms with van der Waals surface area (Å²) < 4.78 is 0. The van der Waals surface area contributed by atoms with Gasteiger partial charge in [-0.25, -0.2) is 4.79 Å². The Morgan fingerprint density at radius 1 is 1.58 bits per heavy atom. The first-order valence-corrected chi connectivity index (χ1v) is 3.42. The number of rotatable bonds is 2. The van der Waals surface area contributed by atoms with Gasteiger partial charge in [0.2, 0.25) is 5.60 Å². The zero-order chi connectivity index (χ0) is 9.19. The van der Waals surface area contributed by atoms with Gasteiger partial charge in [-0.15, -0.1) is 0 Å². The Bertz CT molecular complexity index is 282. The van der Waals surface area contributed by atoms with Crippen molar-refractivity contribution in [2.75, 3.05) is 0 Å². The minimum atomic E-state index is -1.90. The van der Waals surface area contributed by atoms with E-state index in [-0.39, 0.29) is 5.69 Å². The van der Waals surface area contributed by atoms with Crippen LogP contribution in [0.1, 0.15) is 12.6 Å². The molecule has 1 aromatic rings. The molecule has 0 saturated carbocycles. The van der Waals surface area contributed by atoms with Gasteiger partial charge in [-0.3, -0.25) is 4.98 Å². The molecule has 0 aliphatic heterocycles. The zero-order valence-electron chi connectivity index (χ0n) is 6.56. The Morgan fingerprint density at radius 3 is 2.67 bits per heavy atom. The summed E-state index contributed by atoms with van der Waals surface area (Å²) in [5.74, 6) is -1.30. The van der Waals surface area contributed by atoms with Crippen LogP contribution in [0, 0.1) is 0 Å². The summed E-state index contributed by atoms with van der Waals surface area (Å²) >= 11 is 0. The average Bonchev–Trinajstić information content (AvgIpc) is 2.06. The maximum atomic E-state index is 10.5. The Kier molecular flexibility index (Phi) is 2.10. The Balaban J connectivity index is 3.06. The SMILES string of the molecule is C[C@](O)(C(=O)O)c1ccccn1. The molecule has 0 amide bonds. The Labute approximate surface area is 69.5 Å². The number of carbonyl (C=O) groups is 1. The van der Waals surface area contributed by atoms with Crippen LogP contribution in [0.4, 0.5) is 0 Å². The number of carboxylic acids is 1. The van der Waals surface area contributed by atoms with Crippen LogP contribution < -0.4 is 0 Å². The molecule has 0 spiro atoms. The fourth-order valence-electron chi connectivity index (χ4n) is 0.760. The van der Waals surface area contributed by atoms with E-state index in [1.165, 1.54) is 19.2 Å². The Morgan fingerprint density at radius 2 is 2.25 bits per heavy atom. The van der Waals surface area contributed by atoms with Crippen molar-refractivity contribution in [1.82, 2.24) is 4.98 Å². The highest BCUT2D eigenvalue weighted by Gasteiger charge is 2.33. The van der Waals surface area contributed by atoms with Crippen LogP contribution in [0.5, 0.6) is 0 Å². The molecule has 0 radical (unpaired) electrons. The van der Waals surface area contributed by atoms with Crippen LogP contribution in [-0.4, -0.2) is 21.2 Å². The number of hydrogen-bond donors (Lipinski definition) is 2. The maximum absolute atomic E-state index is 10.5. The number of aliphatic hydroxyl groups is 1. The summed E-state index contributed by atoms with van der Waals surface area (Å²) in [5.41, 5.74) is -1.76. The molecule has 0 unspecified atom stereocenters. The van der Waals surface area contributed by atoms with Gasteiger partial charge in [-0.1, -0.05) is 6.07 Å². The average molecular weight is 167 g/mol. The number of aliphatic carboxylic acids is 1. The molecule has 1 aromatic heterocycles. The van der Waals surface area contributed by atoms with Crippen molar-refractivity contribution in [2.45, 2.75) is 12.5 Å². The van der Waals surface area contributed by atoms with Crippen LogP contribution in [0.15, 0.2) is 24.4 Å². The number of pyridine rings is 1. The second kappa shape index (κ2) is 2.91. The van der Waals surface area contributed by atoms with Crippen LogP contribution >= 0.6 is 0 Å². The molecule has 0 aliphatic carbocycles. The highest BCUT2D eigenvalue weighted by molar-refractivity contribution is 5.77. The van der Waals surface area contributed by atoms with Gasteiger partial charge < -0.3 is 10.2 Å². The molecule has 4 heteroatoms. The molecule has 64 valence electrons. The van der Waals surface area contributed by atoms with Gasteiger partial charge in [0.25, 0.3) is 0 Å². The minimum absolute atomic E-state index is 0.137. The fourth-order valence-corrected chi connectivity index (χ4v) is 0.760. The number of nitrogens with zero attached hydrogens (tertiary/aromatic N) is 1. The van der Waals surface area contributed by atoms with Crippen molar-refractivity contribution in [3.8, 4) is 0 Å². The molecule has 1 rings (SSSR count). The predicted molar refractivity (Wildman–Crippen MR) is 41.4 cm³/mol. The van der Waals surface area contributed by atoms with Gasteiger partial charge >= 0.3 is 5.97 Å². The van der Waals surface area contributed by atoms with E-state index in [0.29, 0.717) is 0 Å². The van der Waals surface area contributed by atoms with E-state index >= 15 is 0 Å². The van der Waals surface area contributed by atoms with E-state index in [1.807, 2.05) is 0 Å². The van der Waals surface area contributed by atoms with Crippen molar-refractivity contribution in [2.24, 2.45) is 0 Å². The molecule has 0 aliphatic rings. The summed E-state index contributed by atoms with van der Waals surface area (Å²) in [6.07, 6.45) is 1.44. The van der Waals surface area contributed by atoms with E-state index < -0.39 is 11.6 Å². The van der Waals surface area contributed by atoms with Crippen LogP contribution in [0.3, 0.4) is 0 Å². The van der Waals surface area contributed by atoms with Crippen molar-refractivity contribution >= 4 is 5.97 Å². The molecule has 1 atom stereocenters. The lowest BCUT2D eigenvalue weighted by Crippen LogP contribution is -2.32. The number of aromatic nitrogens is 1. The fraction of sp³-hybridized carbons (Fsp3) is 0.250. The van der Waals surface area contributed by atoms with Gasteiger partial charge in [0.1, 0.15) is 0 Å².